The number of imidazole rings is 1. The van der Waals surface area contributed by atoms with E-state index in [1.54, 1.807) is 28.4 Å². The van der Waals surface area contributed by atoms with Crippen molar-refractivity contribution in [2.75, 3.05) is 35.0 Å². The highest BCUT2D eigenvalue weighted by atomic mass is 79.9. The third-order valence-electron chi connectivity index (χ3n) is 6.19. The van der Waals surface area contributed by atoms with E-state index in [1.165, 1.54) is 5.56 Å². The smallest absolute Gasteiger partial charge is 0.161 e. The maximum Gasteiger partial charge on any atom is 0.161 e. The Labute approximate surface area is 214 Å². The number of methoxy groups -OCH3 is 4. The zero-order chi connectivity index (χ0) is 25.1. The molecule has 0 spiro atoms. The summed E-state index contributed by atoms with van der Waals surface area (Å²) in [6.07, 6.45) is 0. The molecule has 4 aromatic rings. The minimum Gasteiger partial charge on any atom is -0.494 e. The average Bonchev–Trinajstić information content (AvgIpc) is 3.27. The van der Waals surface area contributed by atoms with Crippen molar-refractivity contribution in [2.24, 2.45) is 0 Å². The van der Waals surface area contributed by atoms with Gasteiger partial charge in [-0.3, -0.25) is 0 Å². The average molecular weight is 539 g/mol. The van der Waals surface area contributed by atoms with Crippen LogP contribution in [0.15, 0.2) is 53.0 Å². The Morgan fingerprint density at radius 2 is 1.49 bits per heavy atom. The molecule has 0 fully saturated rings. The summed E-state index contributed by atoms with van der Waals surface area (Å²) in [7, 11) is 6.66. The molecule has 0 aliphatic heterocycles. The van der Waals surface area contributed by atoms with E-state index in [1.807, 2.05) is 24.3 Å². The number of fused-ring (bicyclic) bond motifs is 1. The molecule has 0 aliphatic rings. The molecule has 0 unspecified atom stereocenters. The number of benzene rings is 3. The monoisotopic (exact) mass is 538 g/mol. The molecule has 6 nitrogen and oxygen atoms in total. The van der Waals surface area contributed by atoms with Crippen LogP contribution in [0.2, 0.25) is 0 Å². The molecule has 1 heterocycles. The van der Waals surface area contributed by atoms with E-state index in [0.29, 0.717) is 30.6 Å². The lowest BCUT2D eigenvalue weighted by Crippen LogP contribution is -2.07. The highest BCUT2D eigenvalue weighted by Gasteiger charge is 2.22. The van der Waals surface area contributed by atoms with Crippen LogP contribution in [0.5, 0.6) is 17.2 Å². The van der Waals surface area contributed by atoms with Gasteiger partial charge in [0.05, 0.1) is 32.4 Å². The lowest BCUT2D eigenvalue weighted by Gasteiger charge is -2.15. The number of nitrogens with zero attached hydrogens (tertiary/aromatic N) is 2. The van der Waals surface area contributed by atoms with Gasteiger partial charge < -0.3 is 23.5 Å². The molecule has 0 N–H and O–H groups in total. The summed E-state index contributed by atoms with van der Waals surface area (Å²) in [5, 5.41) is 0. The highest BCUT2D eigenvalue weighted by Crippen LogP contribution is 2.43. The maximum absolute atomic E-state index is 5.89. The van der Waals surface area contributed by atoms with Crippen molar-refractivity contribution in [2.45, 2.75) is 26.3 Å². The Kier molecular flexibility index (Phi) is 7.67. The third kappa shape index (κ3) is 4.75. The summed E-state index contributed by atoms with van der Waals surface area (Å²) in [6.45, 7) is 5.59. The Balaban J connectivity index is 1.95. The minimum atomic E-state index is 0.467. The van der Waals surface area contributed by atoms with Crippen molar-refractivity contribution in [3.8, 4) is 39.8 Å². The number of hydrogen-bond donors (Lipinski definition) is 0. The second-order valence-corrected chi connectivity index (χ2v) is 9.36. The minimum absolute atomic E-state index is 0.467. The molecule has 7 heteroatoms. The number of hydrogen-bond acceptors (Lipinski definition) is 5. The number of rotatable bonds is 9. The van der Waals surface area contributed by atoms with E-state index < -0.39 is 0 Å². The third-order valence-corrected chi connectivity index (χ3v) is 6.99. The molecular formula is C28H31BrN2O4. The van der Waals surface area contributed by atoms with Gasteiger partial charge in [0.2, 0.25) is 0 Å². The molecule has 0 radical (unpaired) electrons. The first-order valence-electron chi connectivity index (χ1n) is 11.5. The summed E-state index contributed by atoms with van der Waals surface area (Å²) in [5.41, 5.74) is 6.00. The fourth-order valence-electron chi connectivity index (χ4n) is 4.25. The largest absolute Gasteiger partial charge is 0.494 e. The van der Waals surface area contributed by atoms with E-state index in [2.05, 4.69) is 58.6 Å². The molecule has 4 rings (SSSR count). The quantitative estimate of drug-likeness (QED) is 0.231. The second kappa shape index (κ2) is 10.7. The summed E-state index contributed by atoms with van der Waals surface area (Å²) in [5.74, 6) is 3.41. The number of aromatic nitrogens is 2. The van der Waals surface area contributed by atoms with Crippen LogP contribution in [0.25, 0.3) is 33.5 Å². The van der Waals surface area contributed by atoms with Crippen LogP contribution in [0.3, 0.4) is 0 Å². The van der Waals surface area contributed by atoms with E-state index in [-0.39, 0.29) is 0 Å². The molecule has 0 aliphatic carbocycles. The van der Waals surface area contributed by atoms with Gasteiger partial charge in [-0.2, -0.15) is 0 Å². The van der Waals surface area contributed by atoms with Crippen molar-refractivity contribution >= 4 is 27.0 Å². The maximum atomic E-state index is 5.89. The zero-order valence-corrected chi connectivity index (χ0v) is 22.6. The molecule has 0 amide bonds. The number of halogens is 1. The molecule has 1 aromatic heterocycles. The van der Waals surface area contributed by atoms with Crippen LogP contribution in [-0.2, 0) is 11.3 Å². The van der Waals surface area contributed by atoms with Crippen molar-refractivity contribution < 1.29 is 18.9 Å². The fraction of sp³-hybridized carbons (Fsp3) is 0.321. The summed E-state index contributed by atoms with van der Waals surface area (Å²) >= 11 is 3.85. The van der Waals surface area contributed by atoms with Gasteiger partial charge in [0.25, 0.3) is 0 Å². The molecule has 0 saturated heterocycles. The Morgan fingerprint density at radius 3 is 2.09 bits per heavy atom. The molecule has 0 saturated carbocycles. The molecule has 184 valence electrons. The topological polar surface area (TPSA) is 54.7 Å². The molecule has 0 atom stereocenters. The lowest BCUT2D eigenvalue weighted by atomic mass is 10.0. The van der Waals surface area contributed by atoms with Gasteiger partial charge in [-0.05, 0) is 51.2 Å². The Bertz CT molecular complexity index is 1330. The van der Waals surface area contributed by atoms with Crippen LogP contribution in [0.1, 0.15) is 25.3 Å². The normalized spacial score (nSPS) is 11.3. The molecular weight excluding hydrogens is 508 g/mol. The summed E-state index contributed by atoms with van der Waals surface area (Å²) < 4.78 is 25.3. The van der Waals surface area contributed by atoms with Gasteiger partial charge in [-0.1, -0.05) is 44.2 Å². The molecule has 0 bridgehead atoms. The van der Waals surface area contributed by atoms with E-state index >= 15 is 0 Å². The van der Waals surface area contributed by atoms with Gasteiger partial charge >= 0.3 is 0 Å². The lowest BCUT2D eigenvalue weighted by molar-refractivity contribution is 0.188. The van der Waals surface area contributed by atoms with Crippen LogP contribution < -0.4 is 14.2 Å². The molecule has 35 heavy (non-hydrogen) atoms. The fourth-order valence-corrected chi connectivity index (χ4v) is 4.87. The van der Waals surface area contributed by atoms with Gasteiger partial charge in [0.15, 0.2) is 11.5 Å². The van der Waals surface area contributed by atoms with Crippen LogP contribution in [0.4, 0.5) is 0 Å². The van der Waals surface area contributed by atoms with Gasteiger partial charge in [0, 0.05) is 24.8 Å². The Morgan fingerprint density at radius 1 is 0.829 bits per heavy atom. The van der Waals surface area contributed by atoms with Crippen LogP contribution >= 0.6 is 15.9 Å². The first-order chi connectivity index (χ1) is 16.9. The summed E-state index contributed by atoms with van der Waals surface area (Å²) in [6, 6.07) is 16.5. The van der Waals surface area contributed by atoms with Crippen molar-refractivity contribution in [1.82, 2.24) is 9.55 Å². The van der Waals surface area contributed by atoms with Gasteiger partial charge in [0.1, 0.15) is 22.6 Å². The highest BCUT2D eigenvalue weighted by molar-refractivity contribution is 9.10. The number of ether oxygens (including phenoxy) is 4. The van der Waals surface area contributed by atoms with Crippen LogP contribution in [-0.4, -0.2) is 44.6 Å². The molecule has 3 aromatic carbocycles. The second-order valence-electron chi connectivity index (χ2n) is 8.56. The van der Waals surface area contributed by atoms with Crippen molar-refractivity contribution in [3.05, 3.63) is 58.6 Å². The predicted molar refractivity (Wildman–Crippen MR) is 144 cm³/mol. The SMILES string of the molecule is COCCn1c(-c2ccc(C(C)C)cc2)nc2c(Br)c(-c3ccc(OC)c(OC)c3)cc(OC)c21. The zero-order valence-electron chi connectivity index (χ0n) is 21.0. The van der Waals surface area contributed by atoms with E-state index in [9.17, 15) is 0 Å². The van der Waals surface area contributed by atoms with Crippen LogP contribution in [0, 0.1) is 0 Å². The van der Waals surface area contributed by atoms with Crippen molar-refractivity contribution in [1.29, 1.82) is 0 Å². The predicted octanol–water partition coefficient (Wildman–Crippen LogP) is 6.93. The first kappa shape index (κ1) is 25.1. The van der Waals surface area contributed by atoms with E-state index in [0.717, 1.165) is 43.8 Å². The Hall–Kier alpha value is -3.03. The van der Waals surface area contributed by atoms with E-state index in [4.69, 9.17) is 23.9 Å². The summed E-state index contributed by atoms with van der Waals surface area (Å²) in [4.78, 5) is 5.11. The standard InChI is InChI=1S/C28H31BrN2O4/c1-17(2)18-7-9-19(10-8-18)28-30-26-25(29)21(20-11-12-22(33-4)23(15-20)34-5)16-24(35-6)27(26)31(28)13-14-32-3/h7-12,15-17H,13-14H2,1-6H3. The first-order valence-corrected chi connectivity index (χ1v) is 12.3. The van der Waals surface area contributed by atoms with Gasteiger partial charge in [-0.25, -0.2) is 4.98 Å². The van der Waals surface area contributed by atoms with Gasteiger partial charge in [-0.15, -0.1) is 0 Å². The van der Waals surface area contributed by atoms with Crippen molar-refractivity contribution in [3.63, 3.8) is 0 Å².